The second-order valence-electron chi connectivity index (χ2n) is 22.4. The fourth-order valence-corrected chi connectivity index (χ4v) is 10.1. The van der Waals surface area contributed by atoms with Crippen LogP contribution in [0, 0.1) is 0 Å². The number of rotatable bonds is 61. The Morgan fingerprint density at radius 2 is 0.644 bits per heavy atom. The van der Waals surface area contributed by atoms with Crippen molar-refractivity contribution in [1.29, 1.82) is 0 Å². The summed E-state index contributed by atoms with van der Waals surface area (Å²) in [6.45, 7) is 4.91. The van der Waals surface area contributed by atoms with Crippen LogP contribution in [0.25, 0.3) is 0 Å². The predicted molar refractivity (Wildman–Crippen MR) is 319 cm³/mol. The van der Waals surface area contributed by atoms with E-state index in [0.717, 1.165) is 44.9 Å². The zero-order valence-corrected chi connectivity index (χ0v) is 49.1. The van der Waals surface area contributed by atoms with Crippen LogP contribution in [-0.2, 0) is 14.3 Å². The van der Waals surface area contributed by atoms with Gasteiger partial charge in [-0.15, -0.1) is 0 Å². The molecule has 73 heavy (non-hydrogen) atoms. The van der Waals surface area contributed by atoms with Crippen LogP contribution < -0.4 is 5.32 Å². The number of nitrogens with one attached hydrogen (secondary N) is 1. The first-order chi connectivity index (χ1) is 36.0. The van der Waals surface area contributed by atoms with Gasteiger partial charge in [-0.3, -0.25) is 9.59 Å². The lowest BCUT2D eigenvalue weighted by Gasteiger charge is -2.20. The van der Waals surface area contributed by atoms with E-state index in [1.807, 2.05) is 6.08 Å². The highest BCUT2D eigenvalue weighted by molar-refractivity contribution is 5.76. The van der Waals surface area contributed by atoms with Gasteiger partial charge in [-0.25, -0.2) is 0 Å². The lowest BCUT2D eigenvalue weighted by molar-refractivity contribution is -0.143. The number of carbonyl (C=O) groups excluding carboxylic acids is 2. The molecule has 0 radical (unpaired) electrons. The fraction of sp³-hybridized carbons (Fsp3) is 0.881. The van der Waals surface area contributed by atoms with Crippen molar-refractivity contribution >= 4 is 11.9 Å². The third-order valence-electron chi connectivity index (χ3n) is 15.1. The van der Waals surface area contributed by atoms with E-state index in [4.69, 9.17) is 4.74 Å². The zero-order valence-electron chi connectivity index (χ0n) is 49.1. The molecule has 6 heteroatoms. The Labute approximate surface area is 455 Å². The molecule has 0 aromatic carbocycles. The van der Waals surface area contributed by atoms with Crippen molar-refractivity contribution in [2.75, 3.05) is 13.2 Å². The van der Waals surface area contributed by atoms with Gasteiger partial charge >= 0.3 is 5.97 Å². The monoisotopic (exact) mass is 1030 g/mol. The van der Waals surface area contributed by atoms with Crippen LogP contribution in [0.1, 0.15) is 354 Å². The summed E-state index contributed by atoms with van der Waals surface area (Å²) in [6, 6.07) is -0.632. The molecule has 0 aliphatic heterocycles. The summed E-state index contributed by atoms with van der Waals surface area (Å²) in [5.41, 5.74) is 0. The third-order valence-corrected chi connectivity index (χ3v) is 15.1. The van der Waals surface area contributed by atoms with E-state index in [0.29, 0.717) is 19.4 Å². The van der Waals surface area contributed by atoms with Gasteiger partial charge in [0, 0.05) is 12.8 Å². The van der Waals surface area contributed by atoms with Crippen molar-refractivity contribution in [2.24, 2.45) is 0 Å². The van der Waals surface area contributed by atoms with Gasteiger partial charge in [0.25, 0.3) is 0 Å². The largest absolute Gasteiger partial charge is 0.466 e. The topological polar surface area (TPSA) is 95.9 Å². The highest BCUT2D eigenvalue weighted by Crippen LogP contribution is 2.17. The van der Waals surface area contributed by atoms with Crippen LogP contribution in [0.15, 0.2) is 36.5 Å². The molecular weight excluding hydrogens is 899 g/mol. The third kappa shape index (κ3) is 59.2. The number of aliphatic hydroxyl groups is 2. The van der Waals surface area contributed by atoms with Gasteiger partial charge in [0.1, 0.15) is 0 Å². The smallest absolute Gasteiger partial charge is 0.305 e. The normalized spacial score (nSPS) is 12.8. The SMILES string of the molecule is CCCCCC/C=C\CCCCCCCC(=O)OCCCCCCCCCCCCCC/C=C\CCCCCCCCCCC(=O)NC(CO)C(O)/C=C/CCCCCCCCCCCCCCCCCCC. The molecule has 430 valence electrons. The summed E-state index contributed by atoms with van der Waals surface area (Å²) < 4.78 is 5.47. The van der Waals surface area contributed by atoms with E-state index in [1.54, 1.807) is 6.08 Å². The minimum atomic E-state index is -0.848. The number of hydrogen-bond acceptors (Lipinski definition) is 5. The number of aliphatic hydroxyl groups excluding tert-OH is 2. The average Bonchev–Trinajstić information content (AvgIpc) is 3.39. The molecule has 2 atom stereocenters. The molecule has 0 rings (SSSR count). The Hall–Kier alpha value is -1.92. The van der Waals surface area contributed by atoms with E-state index in [-0.39, 0.29) is 18.5 Å². The molecule has 0 bridgehead atoms. The van der Waals surface area contributed by atoms with Crippen LogP contribution in [0.5, 0.6) is 0 Å². The molecule has 1 amide bonds. The van der Waals surface area contributed by atoms with Crippen molar-refractivity contribution < 1.29 is 24.5 Å². The summed E-state index contributed by atoms with van der Waals surface area (Å²) in [4.78, 5) is 24.5. The fourth-order valence-electron chi connectivity index (χ4n) is 10.1. The maximum absolute atomic E-state index is 12.5. The van der Waals surface area contributed by atoms with Crippen LogP contribution in [-0.4, -0.2) is 47.4 Å². The Morgan fingerprint density at radius 1 is 0.370 bits per heavy atom. The number of esters is 1. The van der Waals surface area contributed by atoms with Crippen LogP contribution in [0.2, 0.25) is 0 Å². The molecule has 0 aliphatic rings. The summed E-state index contributed by atoms with van der Waals surface area (Å²) in [5.74, 6) is -0.0671. The Balaban J connectivity index is 3.44. The average molecular weight is 1030 g/mol. The number of carbonyl (C=O) groups is 2. The van der Waals surface area contributed by atoms with Gasteiger partial charge in [0.15, 0.2) is 0 Å². The molecule has 0 fully saturated rings. The molecule has 0 saturated carbocycles. The highest BCUT2D eigenvalue weighted by Gasteiger charge is 2.18. The first-order valence-electron chi connectivity index (χ1n) is 32.8. The quantitative estimate of drug-likeness (QED) is 0.0320. The lowest BCUT2D eigenvalue weighted by Crippen LogP contribution is -2.45. The van der Waals surface area contributed by atoms with Gasteiger partial charge in [0.05, 0.1) is 25.4 Å². The van der Waals surface area contributed by atoms with Gasteiger partial charge in [-0.1, -0.05) is 294 Å². The first-order valence-corrected chi connectivity index (χ1v) is 32.8. The molecule has 6 nitrogen and oxygen atoms in total. The molecule has 0 aromatic heterocycles. The van der Waals surface area contributed by atoms with Gasteiger partial charge in [-0.05, 0) is 83.5 Å². The van der Waals surface area contributed by atoms with Crippen molar-refractivity contribution in [2.45, 2.75) is 366 Å². The minimum Gasteiger partial charge on any atom is -0.466 e. The van der Waals surface area contributed by atoms with Gasteiger partial charge < -0.3 is 20.3 Å². The lowest BCUT2D eigenvalue weighted by atomic mass is 10.0. The van der Waals surface area contributed by atoms with E-state index in [2.05, 4.69) is 43.5 Å². The maximum Gasteiger partial charge on any atom is 0.305 e. The second-order valence-corrected chi connectivity index (χ2v) is 22.4. The molecule has 0 aromatic rings. The number of amides is 1. The molecule has 3 N–H and O–H groups in total. The molecule has 0 aliphatic carbocycles. The Kier molecular flexibility index (Phi) is 61.0. The van der Waals surface area contributed by atoms with Crippen LogP contribution in [0.4, 0.5) is 0 Å². The summed E-state index contributed by atoms with van der Waals surface area (Å²) >= 11 is 0. The number of allylic oxidation sites excluding steroid dienone is 5. The van der Waals surface area contributed by atoms with Gasteiger partial charge in [0.2, 0.25) is 5.91 Å². The highest BCUT2D eigenvalue weighted by atomic mass is 16.5. The molecule has 0 heterocycles. The molecular formula is C67H127NO5. The van der Waals surface area contributed by atoms with Gasteiger partial charge in [-0.2, -0.15) is 0 Å². The van der Waals surface area contributed by atoms with E-state index < -0.39 is 12.1 Å². The molecule has 2 unspecified atom stereocenters. The van der Waals surface area contributed by atoms with Crippen LogP contribution >= 0.6 is 0 Å². The molecule has 0 spiro atoms. The number of hydrogen-bond donors (Lipinski definition) is 3. The second kappa shape index (κ2) is 62.6. The van der Waals surface area contributed by atoms with E-state index in [9.17, 15) is 19.8 Å². The molecule has 0 saturated heterocycles. The Morgan fingerprint density at radius 3 is 0.986 bits per heavy atom. The summed E-state index contributed by atoms with van der Waals surface area (Å²) in [6.07, 6.45) is 79.1. The van der Waals surface area contributed by atoms with E-state index in [1.165, 1.54) is 283 Å². The minimum absolute atomic E-state index is 0.00293. The van der Waals surface area contributed by atoms with Crippen molar-refractivity contribution in [3.63, 3.8) is 0 Å². The summed E-state index contributed by atoms with van der Waals surface area (Å²) in [5, 5.41) is 23.2. The summed E-state index contributed by atoms with van der Waals surface area (Å²) in [7, 11) is 0. The standard InChI is InChI=1S/C67H127NO5/c1-3-5-7-9-11-13-15-17-18-19-26-29-32-36-39-43-47-51-55-59-65(70)64(63-69)68-66(71)60-56-52-48-44-40-37-33-30-27-24-22-20-21-23-25-28-31-34-38-42-46-50-54-58-62-73-67(72)61-57-53-49-45-41-35-16-14-12-10-8-6-4-2/h14,16,22,24,55,59,64-65,69-70H,3-13,15,17-21,23,25-54,56-58,60-63H2,1-2H3,(H,68,71)/b16-14-,24-22-,59-55+. The van der Waals surface area contributed by atoms with Crippen molar-refractivity contribution in [3.05, 3.63) is 36.5 Å². The number of ether oxygens (including phenoxy) is 1. The van der Waals surface area contributed by atoms with E-state index >= 15 is 0 Å². The first kappa shape index (κ1) is 71.1. The van der Waals surface area contributed by atoms with Crippen LogP contribution in [0.3, 0.4) is 0 Å². The predicted octanol–water partition coefficient (Wildman–Crippen LogP) is 20.8. The Bertz CT molecular complexity index is 1180. The number of unbranched alkanes of at least 4 members (excludes halogenated alkanes) is 46. The van der Waals surface area contributed by atoms with Crippen molar-refractivity contribution in [3.8, 4) is 0 Å². The maximum atomic E-state index is 12.5. The van der Waals surface area contributed by atoms with Crippen molar-refractivity contribution in [1.82, 2.24) is 5.32 Å². The zero-order chi connectivity index (χ0) is 52.9.